The minimum atomic E-state index is -0.419. The first-order chi connectivity index (χ1) is 15.7. The summed E-state index contributed by atoms with van der Waals surface area (Å²) < 4.78 is 0. The first-order valence-corrected chi connectivity index (χ1v) is 11.5. The summed E-state index contributed by atoms with van der Waals surface area (Å²) >= 11 is 7.44. The van der Waals surface area contributed by atoms with Gasteiger partial charge in [-0.1, -0.05) is 90.1 Å². The lowest BCUT2D eigenvalue weighted by molar-refractivity contribution is -0.116. The van der Waals surface area contributed by atoms with E-state index in [0.29, 0.717) is 21.6 Å². The number of hydrazone groups is 1. The molecule has 1 N–H and O–H groups in total. The van der Waals surface area contributed by atoms with Gasteiger partial charge in [0, 0.05) is 16.0 Å². The Morgan fingerprint density at radius 1 is 1.00 bits per heavy atom. The van der Waals surface area contributed by atoms with Crippen molar-refractivity contribution in [3.05, 3.63) is 112 Å². The van der Waals surface area contributed by atoms with Crippen molar-refractivity contribution in [3.63, 3.8) is 0 Å². The van der Waals surface area contributed by atoms with E-state index in [-0.39, 0.29) is 5.91 Å². The Labute approximate surface area is 194 Å². The third-order valence-electron chi connectivity index (χ3n) is 5.09. The van der Waals surface area contributed by atoms with Crippen LogP contribution in [0.3, 0.4) is 0 Å². The number of benzene rings is 3. The van der Waals surface area contributed by atoms with E-state index in [1.165, 1.54) is 11.8 Å². The summed E-state index contributed by atoms with van der Waals surface area (Å²) in [5.41, 5.74) is 2.67. The van der Waals surface area contributed by atoms with Gasteiger partial charge in [-0.25, -0.2) is 5.01 Å². The number of carbonyl (C=O) groups is 1. The van der Waals surface area contributed by atoms with Gasteiger partial charge in [0.05, 0.1) is 5.36 Å². The van der Waals surface area contributed by atoms with E-state index < -0.39 is 6.17 Å². The van der Waals surface area contributed by atoms with E-state index >= 15 is 0 Å². The molecule has 5 nitrogen and oxygen atoms in total. The maximum atomic E-state index is 13.1. The number of nitrogens with zero attached hydrogens (tertiary/aromatic N) is 3. The van der Waals surface area contributed by atoms with Gasteiger partial charge in [0.25, 0.3) is 5.91 Å². The minimum absolute atomic E-state index is 0.181. The molecule has 2 aliphatic rings. The van der Waals surface area contributed by atoms with Gasteiger partial charge in [0.15, 0.2) is 11.3 Å². The topological polar surface area (TPSA) is 57.1 Å². The van der Waals surface area contributed by atoms with Crippen LogP contribution < -0.4 is 15.9 Å². The first kappa shape index (κ1) is 20.5. The summed E-state index contributed by atoms with van der Waals surface area (Å²) in [4.78, 5) is 18.0. The fourth-order valence-electron chi connectivity index (χ4n) is 3.54. The highest BCUT2D eigenvalue weighted by Gasteiger charge is 2.32. The molecule has 5 rings (SSSR count). The zero-order valence-corrected chi connectivity index (χ0v) is 18.6. The van der Waals surface area contributed by atoms with Gasteiger partial charge in [0.1, 0.15) is 5.70 Å². The number of amidine groups is 1. The zero-order chi connectivity index (χ0) is 21.9. The Morgan fingerprint density at radius 2 is 1.75 bits per heavy atom. The van der Waals surface area contributed by atoms with E-state index in [2.05, 4.69) is 5.32 Å². The molecule has 0 saturated carbocycles. The molecule has 3 aromatic rings. The van der Waals surface area contributed by atoms with E-state index in [0.717, 1.165) is 21.7 Å². The number of hydrogen-bond acceptors (Lipinski definition) is 5. The molecule has 7 heteroatoms. The average molecular weight is 459 g/mol. The Morgan fingerprint density at radius 3 is 2.56 bits per heavy atom. The number of nitrogens with one attached hydrogen (secondary N) is 1. The smallest absolute Gasteiger partial charge is 0.276 e. The van der Waals surface area contributed by atoms with E-state index in [9.17, 15) is 4.79 Å². The monoisotopic (exact) mass is 458 g/mol. The molecule has 1 amide bonds. The highest BCUT2D eigenvalue weighted by molar-refractivity contribution is 8.13. The summed E-state index contributed by atoms with van der Waals surface area (Å²) in [7, 11) is 0. The van der Waals surface area contributed by atoms with Crippen molar-refractivity contribution in [2.75, 3.05) is 0 Å². The Balaban J connectivity index is 1.49. The van der Waals surface area contributed by atoms with Gasteiger partial charge in [-0.05, 0) is 35.4 Å². The lowest BCUT2D eigenvalue weighted by atomic mass is 10.1. The molecule has 1 atom stereocenters. The summed E-state index contributed by atoms with van der Waals surface area (Å²) in [5, 5.41) is 12.2. The van der Waals surface area contributed by atoms with Crippen LogP contribution in [0.1, 0.15) is 11.1 Å². The fourth-order valence-corrected chi connectivity index (χ4v) is 4.47. The lowest BCUT2D eigenvalue weighted by Gasteiger charge is -2.32. The number of thioether (sulfide) groups is 1. The molecule has 2 heterocycles. The van der Waals surface area contributed by atoms with Gasteiger partial charge in [-0.2, -0.15) is 0 Å². The van der Waals surface area contributed by atoms with Crippen LogP contribution in [0.15, 0.2) is 95.0 Å². The van der Waals surface area contributed by atoms with Crippen LogP contribution in [-0.4, -0.2) is 22.2 Å². The molecular formula is C25H19ClN4OS. The summed E-state index contributed by atoms with van der Waals surface area (Å²) in [6.07, 6.45) is 3.55. The van der Waals surface area contributed by atoms with E-state index in [1.807, 2.05) is 91.0 Å². The second-order valence-corrected chi connectivity index (χ2v) is 8.70. The van der Waals surface area contributed by atoms with Crippen molar-refractivity contribution < 1.29 is 4.79 Å². The van der Waals surface area contributed by atoms with Gasteiger partial charge in [-0.15, -0.1) is 5.10 Å². The van der Waals surface area contributed by atoms with Crippen molar-refractivity contribution in [1.82, 2.24) is 10.3 Å². The number of halogens is 1. The van der Waals surface area contributed by atoms with Crippen molar-refractivity contribution in [1.29, 1.82) is 0 Å². The normalized spacial score (nSPS) is 17.3. The first-order valence-electron chi connectivity index (χ1n) is 10.1. The molecule has 0 fully saturated rings. The van der Waals surface area contributed by atoms with Crippen LogP contribution in [-0.2, 0) is 10.5 Å². The SMILES string of the molecule is O=C1NC(SCc2ccc(Cl)cc2)=NN2C1=c1ccccc1=NC2/C=C/c1ccccc1. The second kappa shape index (κ2) is 9.02. The molecule has 0 spiro atoms. The molecule has 32 heavy (non-hydrogen) atoms. The van der Waals surface area contributed by atoms with Crippen molar-refractivity contribution in [2.45, 2.75) is 11.9 Å². The third-order valence-corrected chi connectivity index (χ3v) is 6.28. The number of fused-ring (bicyclic) bond motifs is 2. The van der Waals surface area contributed by atoms with Crippen LogP contribution in [0.5, 0.6) is 0 Å². The largest absolute Gasteiger partial charge is 0.298 e. The molecule has 2 aliphatic heterocycles. The highest BCUT2D eigenvalue weighted by Crippen LogP contribution is 2.24. The van der Waals surface area contributed by atoms with Crippen molar-refractivity contribution in [3.8, 4) is 0 Å². The number of rotatable bonds is 4. The summed E-state index contributed by atoms with van der Waals surface area (Å²) in [6.45, 7) is 0. The summed E-state index contributed by atoms with van der Waals surface area (Å²) in [5.74, 6) is 0.483. The van der Waals surface area contributed by atoms with Crippen LogP contribution in [0.25, 0.3) is 11.8 Å². The maximum Gasteiger partial charge on any atom is 0.276 e. The fraction of sp³-hybridized carbons (Fsp3) is 0.0800. The Hall–Kier alpha value is -3.35. The number of amides is 1. The predicted octanol–water partition coefficient (Wildman–Crippen LogP) is 3.76. The maximum absolute atomic E-state index is 13.1. The predicted molar refractivity (Wildman–Crippen MR) is 130 cm³/mol. The van der Waals surface area contributed by atoms with Gasteiger partial charge in [-0.3, -0.25) is 15.1 Å². The Kier molecular flexibility index (Phi) is 5.79. The molecule has 0 aliphatic carbocycles. The number of hydrogen-bond donors (Lipinski definition) is 1. The molecule has 0 radical (unpaired) electrons. The third kappa shape index (κ3) is 4.33. The molecule has 0 bridgehead atoms. The molecule has 1 unspecified atom stereocenters. The van der Waals surface area contributed by atoms with Gasteiger partial charge < -0.3 is 0 Å². The number of para-hydroxylation sites is 1. The average Bonchev–Trinajstić information content (AvgIpc) is 2.82. The van der Waals surface area contributed by atoms with Crippen molar-refractivity contribution >= 4 is 46.2 Å². The molecule has 0 saturated heterocycles. The van der Waals surface area contributed by atoms with Crippen LogP contribution in [0.4, 0.5) is 0 Å². The van der Waals surface area contributed by atoms with Crippen LogP contribution in [0.2, 0.25) is 5.02 Å². The van der Waals surface area contributed by atoms with Crippen LogP contribution >= 0.6 is 23.4 Å². The molecular weight excluding hydrogens is 440 g/mol. The molecule has 158 valence electrons. The van der Waals surface area contributed by atoms with E-state index in [1.54, 1.807) is 5.01 Å². The number of carbonyl (C=O) groups excluding carboxylic acids is 1. The summed E-state index contributed by atoms with van der Waals surface area (Å²) in [6, 6.07) is 25.3. The zero-order valence-electron chi connectivity index (χ0n) is 17.0. The van der Waals surface area contributed by atoms with E-state index in [4.69, 9.17) is 21.7 Å². The molecule has 3 aromatic carbocycles. The lowest BCUT2D eigenvalue weighted by Crippen LogP contribution is -2.52. The van der Waals surface area contributed by atoms with Gasteiger partial charge >= 0.3 is 0 Å². The Bertz CT molecular complexity index is 1340. The minimum Gasteiger partial charge on any atom is -0.298 e. The standard InChI is InChI=1S/C25H19ClN4OS/c26-19-13-10-18(11-14-19)16-32-25-28-24(31)23-20-8-4-5-9-21(20)27-22(30(23)29-25)15-12-17-6-2-1-3-7-17/h1-15,22H,16H2,(H,28,29,31)/b15-12+. The van der Waals surface area contributed by atoms with Gasteiger partial charge in [0.2, 0.25) is 0 Å². The molecule has 0 aromatic heterocycles. The van der Waals surface area contributed by atoms with Crippen LogP contribution in [0, 0.1) is 0 Å². The highest BCUT2D eigenvalue weighted by atomic mass is 35.5. The van der Waals surface area contributed by atoms with Crippen molar-refractivity contribution in [2.24, 2.45) is 10.1 Å². The quantitative estimate of drug-likeness (QED) is 0.647. The second-order valence-electron chi connectivity index (χ2n) is 7.30.